The highest BCUT2D eigenvalue weighted by atomic mass is 35.5. The SMILES string of the molecule is O=C(C[C@@H](c1ccccc1)c1cccc(OC(=O)c2cccc(S(=O)(=O)N3CC(C(=O)O[C@@H](Cc4c(Cl)cncc4Cl)c4ccc(OC(F)F)c(OCC5CC5)c4)C3)c2)c1)O[C@H]1CN2CCC1CC2. The Morgan fingerprint density at radius 2 is 1.51 bits per heavy atom. The van der Waals surface area contributed by atoms with Crippen LogP contribution in [0.15, 0.2) is 114 Å². The van der Waals surface area contributed by atoms with Crippen LogP contribution in [-0.2, 0) is 35.5 Å². The molecule has 3 atom stereocenters. The summed E-state index contributed by atoms with van der Waals surface area (Å²) in [5.41, 5.74) is 2.38. The molecule has 1 aromatic heterocycles. The summed E-state index contributed by atoms with van der Waals surface area (Å²) in [6.45, 7) is -0.461. The van der Waals surface area contributed by atoms with Crippen molar-refractivity contribution in [3.8, 4) is 17.2 Å². The van der Waals surface area contributed by atoms with E-state index in [1.807, 2.05) is 36.4 Å². The number of alkyl halides is 2. The van der Waals surface area contributed by atoms with E-state index in [1.54, 1.807) is 18.2 Å². The van der Waals surface area contributed by atoms with Gasteiger partial charge in [0.1, 0.15) is 18.0 Å². The predicted octanol–water partition coefficient (Wildman–Crippen LogP) is 9.30. The van der Waals surface area contributed by atoms with Gasteiger partial charge < -0.3 is 23.7 Å². The van der Waals surface area contributed by atoms with Crippen LogP contribution in [0.2, 0.25) is 10.0 Å². The molecule has 1 aliphatic carbocycles. The fourth-order valence-corrected chi connectivity index (χ4v) is 11.1. The van der Waals surface area contributed by atoms with Crippen molar-refractivity contribution < 1.29 is 55.3 Å². The van der Waals surface area contributed by atoms with Crippen LogP contribution >= 0.6 is 23.2 Å². The maximum Gasteiger partial charge on any atom is 0.387 e. The van der Waals surface area contributed by atoms with Crippen LogP contribution < -0.4 is 14.2 Å². The van der Waals surface area contributed by atoms with Gasteiger partial charge in [-0.05, 0) is 115 Å². The number of halogens is 4. The van der Waals surface area contributed by atoms with E-state index < -0.39 is 40.6 Å². The fraction of sp³-hybridized carbons (Fsp3) is 0.373. The van der Waals surface area contributed by atoms with Gasteiger partial charge in [-0.1, -0.05) is 77.8 Å². The second kappa shape index (κ2) is 21.1. The molecule has 69 heavy (non-hydrogen) atoms. The number of aromatic nitrogens is 1. The lowest BCUT2D eigenvalue weighted by molar-refractivity contribution is -0.159. The first kappa shape index (κ1) is 48.4. The third-order valence-corrected chi connectivity index (χ3v) is 15.6. The zero-order valence-corrected chi connectivity index (χ0v) is 39.6. The molecule has 5 heterocycles. The van der Waals surface area contributed by atoms with Gasteiger partial charge in [-0.15, -0.1) is 0 Å². The highest BCUT2D eigenvalue weighted by molar-refractivity contribution is 7.89. The van der Waals surface area contributed by atoms with E-state index >= 15 is 0 Å². The van der Waals surface area contributed by atoms with E-state index in [2.05, 4.69) is 9.88 Å². The van der Waals surface area contributed by atoms with Crippen molar-refractivity contribution >= 4 is 51.1 Å². The lowest BCUT2D eigenvalue weighted by Gasteiger charge is -2.44. The van der Waals surface area contributed by atoms with Gasteiger partial charge in [-0.2, -0.15) is 13.1 Å². The first-order valence-electron chi connectivity index (χ1n) is 22.9. The Morgan fingerprint density at radius 3 is 2.20 bits per heavy atom. The third kappa shape index (κ3) is 11.7. The maximum absolute atomic E-state index is 13.9. The average Bonchev–Trinajstić information content (AvgIpc) is 4.16. The summed E-state index contributed by atoms with van der Waals surface area (Å²) in [6.07, 6.45) is 5.55. The highest BCUT2D eigenvalue weighted by Gasteiger charge is 2.43. The van der Waals surface area contributed by atoms with Crippen LogP contribution in [0.3, 0.4) is 0 Å². The number of benzene rings is 4. The molecule has 4 saturated heterocycles. The van der Waals surface area contributed by atoms with E-state index in [0.29, 0.717) is 17.0 Å². The Balaban J connectivity index is 0.859. The molecule has 362 valence electrons. The molecule has 5 aromatic rings. The van der Waals surface area contributed by atoms with Crippen LogP contribution in [-0.4, -0.2) is 92.6 Å². The molecule has 4 aromatic carbocycles. The van der Waals surface area contributed by atoms with Gasteiger partial charge in [0.15, 0.2) is 11.5 Å². The number of rotatable bonds is 19. The van der Waals surface area contributed by atoms with E-state index in [4.69, 9.17) is 46.9 Å². The lowest BCUT2D eigenvalue weighted by Crippen LogP contribution is -2.53. The van der Waals surface area contributed by atoms with Gasteiger partial charge in [0.05, 0.1) is 39.4 Å². The standard InChI is InChI=1S/C51H49Cl2F2N3O10S/c52-42-25-56-26-43(53)41(42)23-45(35-14-15-44(68-51(54)55)46(22-35)64-30-31-12-13-31)67-50(61)37-27-58(28-37)69(62,63)39-11-5-9-36(21-39)49(60)65-38-10-4-8-34(20-38)40(32-6-2-1-3-7-32)24-48(59)66-47-29-57-18-16-33(47)17-19-57/h1-11,14-15,20-22,25-26,31,33,37,40,45,47,51H,12-13,16-19,23-24,27-30H2/t40-,45-,47-/m0/s1. The van der Waals surface area contributed by atoms with Gasteiger partial charge in [0, 0.05) is 44.4 Å². The van der Waals surface area contributed by atoms with Crippen molar-refractivity contribution in [3.05, 3.63) is 147 Å². The highest BCUT2D eigenvalue weighted by Crippen LogP contribution is 2.40. The Hall–Kier alpha value is -5.65. The van der Waals surface area contributed by atoms with Gasteiger partial charge >= 0.3 is 24.5 Å². The summed E-state index contributed by atoms with van der Waals surface area (Å²) in [4.78, 5) is 47.0. The van der Waals surface area contributed by atoms with Gasteiger partial charge in [0.25, 0.3) is 0 Å². The van der Waals surface area contributed by atoms with E-state index in [1.165, 1.54) is 54.9 Å². The molecule has 0 spiro atoms. The zero-order valence-electron chi connectivity index (χ0n) is 37.3. The molecule has 0 radical (unpaired) electrons. The topological polar surface area (TPSA) is 151 Å². The molecular formula is C51H49Cl2F2N3O10S. The molecule has 18 heteroatoms. The quantitative estimate of drug-likeness (QED) is 0.0573. The minimum atomic E-state index is -4.20. The molecule has 5 fully saturated rings. The number of nitrogens with zero attached hydrogens (tertiary/aromatic N) is 3. The molecule has 2 bridgehead atoms. The Labute approximate surface area is 408 Å². The molecule has 0 amide bonds. The fourth-order valence-electron chi connectivity index (χ4n) is 9.02. The van der Waals surface area contributed by atoms with Crippen LogP contribution in [0.1, 0.15) is 76.7 Å². The molecule has 0 unspecified atom stereocenters. The van der Waals surface area contributed by atoms with Crippen LogP contribution in [0.5, 0.6) is 17.2 Å². The van der Waals surface area contributed by atoms with Crippen molar-refractivity contribution in [3.63, 3.8) is 0 Å². The van der Waals surface area contributed by atoms with Gasteiger partial charge in [-0.3, -0.25) is 19.5 Å². The average molecular weight is 1000 g/mol. The molecule has 1 saturated carbocycles. The normalized spacial score (nSPS) is 20.1. The molecule has 13 nitrogen and oxygen atoms in total. The number of carbonyl (C=O) groups is 3. The first-order chi connectivity index (χ1) is 33.3. The second-order valence-corrected chi connectivity index (χ2v) is 20.6. The van der Waals surface area contributed by atoms with Crippen LogP contribution in [0.25, 0.3) is 0 Å². The number of hydrogen-bond acceptors (Lipinski definition) is 12. The number of esters is 3. The molecule has 5 aliphatic rings. The van der Waals surface area contributed by atoms with E-state index in [9.17, 15) is 31.6 Å². The predicted molar refractivity (Wildman–Crippen MR) is 250 cm³/mol. The number of sulfonamides is 1. The summed E-state index contributed by atoms with van der Waals surface area (Å²) in [5.74, 6) is -2.38. The summed E-state index contributed by atoms with van der Waals surface area (Å²) >= 11 is 12.9. The number of fused-ring (bicyclic) bond motifs is 3. The van der Waals surface area contributed by atoms with Crippen LogP contribution in [0.4, 0.5) is 8.78 Å². The molecule has 0 N–H and O–H groups in total. The Bertz CT molecular complexity index is 2770. The summed E-state index contributed by atoms with van der Waals surface area (Å²) in [7, 11) is -4.20. The number of pyridine rings is 1. The Morgan fingerprint density at radius 1 is 0.783 bits per heavy atom. The first-order valence-corrected chi connectivity index (χ1v) is 25.1. The van der Waals surface area contributed by atoms with Gasteiger partial charge in [0.2, 0.25) is 10.0 Å². The molecule has 4 aliphatic heterocycles. The molecule has 10 rings (SSSR count). The minimum absolute atomic E-state index is 0.0274. The van der Waals surface area contributed by atoms with Crippen molar-refractivity contribution in [1.29, 1.82) is 0 Å². The van der Waals surface area contributed by atoms with Crippen LogP contribution in [0, 0.1) is 17.8 Å². The van der Waals surface area contributed by atoms with Gasteiger partial charge in [-0.25, -0.2) is 13.2 Å². The third-order valence-electron chi connectivity index (χ3n) is 13.1. The van der Waals surface area contributed by atoms with Crippen molar-refractivity contribution in [2.24, 2.45) is 17.8 Å². The monoisotopic (exact) mass is 1000 g/mol. The number of hydrogen-bond donors (Lipinski definition) is 0. The largest absolute Gasteiger partial charge is 0.489 e. The summed E-state index contributed by atoms with van der Waals surface area (Å²) < 4.78 is 84.0. The minimum Gasteiger partial charge on any atom is -0.489 e. The van der Waals surface area contributed by atoms with E-state index in [-0.39, 0.29) is 94.2 Å². The number of carbonyl (C=O) groups excluding carboxylic acids is 3. The van der Waals surface area contributed by atoms with Crippen molar-refractivity contribution in [2.75, 3.05) is 39.3 Å². The van der Waals surface area contributed by atoms with Crippen molar-refractivity contribution in [1.82, 2.24) is 14.2 Å². The maximum atomic E-state index is 13.9. The zero-order chi connectivity index (χ0) is 48.2. The molecular weight excluding hydrogens is 956 g/mol. The number of ether oxygens (including phenoxy) is 5. The smallest absolute Gasteiger partial charge is 0.387 e. The lowest BCUT2D eigenvalue weighted by atomic mass is 9.85. The number of piperidine rings is 3. The van der Waals surface area contributed by atoms with E-state index in [0.717, 1.165) is 60.7 Å². The summed E-state index contributed by atoms with van der Waals surface area (Å²) in [5, 5.41) is 0.411. The summed E-state index contributed by atoms with van der Waals surface area (Å²) in [6, 6.07) is 26.1. The van der Waals surface area contributed by atoms with Crippen molar-refractivity contribution in [2.45, 2.75) is 68.2 Å². The Kier molecular flexibility index (Phi) is 14.8. The second-order valence-electron chi connectivity index (χ2n) is 17.9.